The normalized spacial score (nSPS) is 11.6. The lowest BCUT2D eigenvalue weighted by Gasteiger charge is -2.28. The van der Waals surface area contributed by atoms with E-state index in [0.717, 1.165) is 167 Å². The number of hydrogen-bond acceptors (Lipinski definition) is 4. The molecule has 4 nitrogen and oxygen atoms in total. The van der Waals surface area contributed by atoms with Gasteiger partial charge in [0.05, 0.1) is 5.69 Å². The number of anilines is 6. The van der Waals surface area contributed by atoms with Crippen molar-refractivity contribution in [1.82, 2.24) is 0 Å². The summed E-state index contributed by atoms with van der Waals surface area (Å²) in [5, 5.41) is 14.3. The molecule has 23 rings (SSSR count). The summed E-state index contributed by atoms with van der Waals surface area (Å²) in [6, 6.07) is 168. The molecule has 0 spiro atoms. The van der Waals surface area contributed by atoms with Crippen LogP contribution in [0, 0.1) is 0 Å². The first-order chi connectivity index (χ1) is 60.4. The molecule has 21 aromatic carbocycles. The summed E-state index contributed by atoms with van der Waals surface area (Å²) in [6.45, 7) is 0. The molecule has 23 aromatic rings. The lowest BCUT2D eigenvalue weighted by molar-refractivity contribution is 0.668. The molecule has 0 bridgehead atoms. The van der Waals surface area contributed by atoms with Gasteiger partial charge in [-0.25, -0.2) is 0 Å². The molecule has 0 saturated carbocycles. The van der Waals surface area contributed by atoms with Gasteiger partial charge in [-0.2, -0.15) is 0 Å². The third-order valence-corrected chi connectivity index (χ3v) is 24.7. The fraction of sp³-hybridized carbons (Fsp3) is 0. The van der Waals surface area contributed by atoms with Crippen LogP contribution < -0.4 is 9.80 Å². The molecule has 0 fully saturated rings. The molecule has 0 N–H and O–H groups in total. The van der Waals surface area contributed by atoms with Crippen molar-refractivity contribution in [1.29, 1.82) is 0 Å². The first-order valence-corrected chi connectivity index (χ1v) is 41.8. The van der Waals surface area contributed by atoms with Gasteiger partial charge < -0.3 is 18.6 Å². The lowest BCUT2D eigenvalue weighted by atomic mass is 9.89. The summed E-state index contributed by atoms with van der Waals surface area (Å²) < 4.78 is 13.2. The summed E-state index contributed by atoms with van der Waals surface area (Å²) in [5.74, 6) is 0. The molecule has 2 aromatic heterocycles. The number of rotatable bonds is 16. The Hall–Kier alpha value is -16.1. The van der Waals surface area contributed by atoms with E-state index in [1.807, 2.05) is 12.1 Å². The highest BCUT2D eigenvalue weighted by Gasteiger charge is 2.23. The van der Waals surface area contributed by atoms with Gasteiger partial charge in [0.15, 0.2) is 0 Å². The summed E-state index contributed by atoms with van der Waals surface area (Å²) in [7, 11) is 0. The van der Waals surface area contributed by atoms with E-state index in [0.29, 0.717) is 0 Å². The van der Waals surface area contributed by atoms with E-state index in [4.69, 9.17) is 8.83 Å². The quantitative estimate of drug-likeness (QED) is 0.0903. The summed E-state index contributed by atoms with van der Waals surface area (Å²) in [4.78, 5) is 4.80. The Bertz CT molecular complexity index is 7980. The first-order valence-electron chi connectivity index (χ1n) is 41.8. The van der Waals surface area contributed by atoms with Gasteiger partial charge in [-0.15, -0.1) is 0 Å². The molecule has 0 aliphatic carbocycles. The standard InChI is InChI=1S/C118H76N2O2/c1-3-21-77(22-4-1)79-43-45-85(46-44-79)105-35-13-15-41-114(105)120(96-62-51-84(52-63-96)102-38-20-40-107-100-32-10-8-26-82(100)54-65-109(102)107)98-30-18-28-87(73-98)89-57-68-117-113(75-89)111-66-55-90(76-118(111)122-117)103-33-11-12-34-104(103)93-70-91(78-23-5-2-6-24-78)69-92(71-93)80-47-58-94(59-48-80)119(97-29-17-27-86(72-97)88-56-67-116-112(74-88)110-36-14-16-42-115(110)121-116)95-60-49-83(50-61-95)101-37-19-39-106-99-31-9-7-25-81(99)53-64-108(101)106/h1-76H. The third kappa shape index (κ3) is 12.9. The minimum absolute atomic E-state index is 0.830. The molecule has 4 heteroatoms. The fourth-order valence-corrected chi connectivity index (χ4v) is 18.6. The second-order valence-corrected chi connectivity index (χ2v) is 31.8. The Morgan fingerprint density at radius 1 is 0.131 bits per heavy atom. The maximum absolute atomic E-state index is 6.92. The second-order valence-electron chi connectivity index (χ2n) is 31.8. The number of furan rings is 2. The number of para-hydroxylation sites is 2. The Labute approximate surface area is 707 Å². The van der Waals surface area contributed by atoms with Crippen LogP contribution in [0.4, 0.5) is 34.1 Å². The Balaban J connectivity index is 0.582. The van der Waals surface area contributed by atoms with Gasteiger partial charge in [0, 0.05) is 55.5 Å². The minimum Gasteiger partial charge on any atom is -0.456 e. The van der Waals surface area contributed by atoms with Gasteiger partial charge in [0.25, 0.3) is 0 Å². The average molecular weight is 1550 g/mol. The molecule has 570 valence electrons. The van der Waals surface area contributed by atoms with Crippen molar-refractivity contribution in [2.24, 2.45) is 0 Å². The summed E-state index contributed by atoms with van der Waals surface area (Å²) >= 11 is 0. The topological polar surface area (TPSA) is 32.8 Å². The van der Waals surface area contributed by atoms with Crippen LogP contribution in [-0.2, 0) is 0 Å². The Kier molecular flexibility index (Phi) is 17.6. The largest absolute Gasteiger partial charge is 0.456 e. The van der Waals surface area contributed by atoms with Crippen LogP contribution in [0.3, 0.4) is 0 Å². The minimum atomic E-state index is 0.830. The SMILES string of the molecule is c1ccc(-c2ccc(-c3ccccc3N(c3ccc(-c4cccc5c4ccc4ccccc45)cc3)c3cccc(-c4ccc5oc6cc(-c7ccccc7-c7cc(-c8ccccc8)cc(-c8ccc(N(c9ccc(-c%10cccc%11c%10ccc%10ccccc%10%11)cc9)c9cccc(-c%10ccc%11oc%12ccccc%12c%11c%10)c9)cc8)c7)ccc6c5c4)c3)cc2)cc1. The van der Waals surface area contributed by atoms with E-state index < -0.39 is 0 Å². The van der Waals surface area contributed by atoms with Crippen molar-refractivity contribution in [3.8, 4) is 111 Å². The van der Waals surface area contributed by atoms with Gasteiger partial charge in [0.2, 0.25) is 0 Å². The molecule has 0 saturated heterocycles. The zero-order chi connectivity index (χ0) is 80.6. The summed E-state index contributed by atoms with van der Waals surface area (Å²) in [5.41, 5.74) is 32.4. The fourth-order valence-electron chi connectivity index (χ4n) is 18.6. The van der Waals surface area contributed by atoms with E-state index in [-0.39, 0.29) is 0 Å². The van der Waals surface area contributed by atoms with E-state index in [2.05, 4.69) is 459 Å². The Morgan fingerprint density at radius 3 is 1.06 bits per heavy atom. The van der Waals surface area contributed by atoms with E-state index in [1.165, 1.54) is 65.3 Å². The van der Waals surface area contributed by atoms with Crippen molar-refractivity contribution in [2.45, 2.75) is 0 Å². The molecule has 0 atom stereocenters. The van der Waals surface area contributed by atoms with Crippen LogP contribution in [0.15, 0.2) is 470 Å². The van der Waals surface area contributed by atoms with E-state index >= 15 is 0 Å². The molecule has 0 aliphatic rings. The highest BCUT2D eigenvalue weighted by atomic mass is 16.3. The molecule has 0 amide bonds. The van der Waals surface area contributed by atoms with Gasteiger partial charge in [-0.1, -0.05) is 334 Å². The van der Waals surface area contributed by atoms with Gasteiger partial charge in [-0.3, -0.25) is 0 Å². The van der Waals surface area contributed by atoms with Gasteiger partial charge >= 0.3 is 0 Å². The predicted octanol–water partition coefficient (Wildman–Crippen LogP) is 33.7. The molecular weight excluding hydrogens is 1480 g/mol. The van der Waals surface area contributed by atoms with Crippen LogP contribution >= 0.6 is 0 Å². The molecule has 0 radical (unpaired) electrons. The number of hydrogen-bond donors (Lipinski definition) is 0. The van der Waals surface area contributed by atoms with Crippen molar-refractivity contribution in [2.75, 3.05) is 9.80 Å². The van der Waals surface area contributed by atoms with Gasteiger partial charge in [0.1, 0.15) is 22.3 Å². The van der Waals surface area contributed by atoms with E-state index in [1.54, 1.807) is 0 Å². The molecule has 0 aliphatic heterocycles. The first kappa shape index (κ1) is 71.2. The maximum Gasteiger partial charge on any atom is 0.136 e. The van der Waals surface area contributed by atoms with Crippen LogP contribution in [0.2, 0.25) is 0 Å². The second kappa shape index (κ2) is 30.1. The van der Waals surface area contributed by atoms with Crippen LogP contribution in [0.1, 0.15) is 0 Å². The zero-order valence-corrected chi connectivity index (χ0v) is 66.6. The van der Waals surface area contributed by atoms with Crippen molar-refractivity contribution < 1.29 is 8.83 Å². The van der Waals surface area contributed by atoms with Crippen molar-refractivity contribution in [3.05, 3.63) is 461 Å². The van der Waals surface area contributed by atoms with Crippen LogP contribution in [-0.4, -0.2) is 0 Å². The molecule has 0 unspecified atom stereocenters. The molecule has 2 heterocycles. The molecular formula is C118H76N2O2. The number of benzene rings is 21. The number of nitrogens with zero attached hydrogens (tertiary/aromatic N) is 2. The summed E-state index contributed by atoms with van der Waals surface area (Å²) in [6.07, 6.45) is 0. The van der Waals surface area contributed by atoms with E-state index in [9.17, 15) is 0 Å². The Morgan fingerprint density at radius 2 is 0.475 bits per heavy atom. The smallest absolute Gasteiger partial charge is 0.136 e. The van der Waals surface area contributed by atoms with Crippen molar-refractivity contribution in [3.63, 3.8) is 0 Å². The lowest BCUT2D eigenvalue weighted by Crippen LogP contribution is -2.11. The van der Waals surface area contributed by atoms with Crippen LogP contribution in [0.25, 0.3) is 198 Å². The highest BCUT2D eigenvalue weighted by molar-refractivity contribution is 6.15. The van der Waals surface area contributed by atoms with Crippen molar-refractivity contribution >= 4 is 121 Å². The monoisotopic (exact) mass is 1550 g/mol. The zero-order valence-electron chi connectivity index (χ0n) is 66.6. The third-order valence-electron chi connectivity index (χ3n) is 24.7. The maximum atomic E-state index is 6.92. The number of fused-ring (bicyclic) bond motifs is 12. The van der Waals surface area contributed by atoms with Crippen LogP contribution in [0.5, 0.6) is 0 Å². The predicted molar refractivity (Wildman–Crippen MR) is 515 cm³/mol. The highest BCUT2D eigenvalue weighted by Crippen LogP contribution is 2.48. The average Bonchev–Trinajstić information content (AvgIpc) is 1.67. The van der Waals surface area contributed by atoms with Gasteiger partial charge in [-0.05, 0) is 276 Å². The molecule has 122 heavy (non-hydrogen) atoms.